The van der Waals surface area contributed by atoms with Crippen LogP contribution in [0.4, 0.5) is 0 Å². The molecule has 1 aromatic carbocycles. The molecule has 0 N–H and O–H groups in total. The average Bonchev–Trinajstić information content (AvgIpc) is 2.84. The summed E-state index contributed by atoms with van der Waals surface area (Å²) in [5, 5.41) is 0. The molecule has 98 valence electrons. The van der Waals surface area contributed by atoms with Gasteiger partial charge in [-0.2, -0.15) is 0 Å². The summed E-state index contributed by atoms with van der Waals surface area (Å²) in [6.45, 7) is 2.67. The molecule has 4 heteroatoms. The Labute approximate surface area is 122 Å². The zero-order valence-corrected chi connectivity index (χ0v) is 12.2. The van der Waals surface area contributed by atoms with Gasteiger partial charge in [0.1, 0.15) is 11.4 Å². The fraction of sp³-hybridized carbons (Fsp3) is 0.133. The van der Waals surface area contributed by atoms with Crippen LogP contribution in [0.1, 0.15) is 6.92 Å². The second kappa shape index (κ2) is 5.89. The van der Waals surface area contributed by atoms with Crippen LogP contribution >= 0.6 is 0 Å². The summed E-state index contributed by atoms with van der Waals surface area (Å²) in [6.07, 6.45) is 4.03. The Hall–Kier alpha value is -1.81. The summed E-state index contributed by atoms with van der Waals surface area (Å²) in [5.74, 6) is 0.894. The number of benzene rings is 1. The monoisotopic (exact) mass is 317 g/mol. The molecule has 0 spiro atoms. The molecule has 0 aliphatic rings. The van der Waals surface area contributed by atoms with E-state index in [9.17, 15) is 0 Å². The summed E-state index contributed by atoms with van der Waals surface area (Å²) in [7, 11) is 0. The summed E-state index contributed by atoms with van der Waals surface area (Å²) in [5.41, 5.74) is 3.03. The van der Waals surface area contributed by atoms with Gasteiger partial charge in [-0.15, -0.1) is 0 Å². The van der Waals surface area contributed by atoms with Gasteiger partial charge in [0.15, 0.2) is 0 Å². The van der Waals surface area contributed by atoms with Crippen molar-refractivity contribution in [1.82, 2.24) is 9.38 Å². The first kappa shape index (κ1) is 13.6. The summed E-state index contributed by atoms with van der Waals surface area (Å²) in [6, 6.07) is 14.0. The number of ether oxygens (including phenoxy) is 1. The Kier molecular flexibility index (Phi) is 4.22. The number of pyridine rings is 1. The zero-order valence-electron chi connectivity index (χ0n) is 10.6. The molecule has 3 nitrogen and oxygen atoms in total. The van der Waals surface area contributed by atoms with E-state index in [0.29, 0.717) is 6.61 Å². The molecule has 0 amide bonds. The number of hydrogen-bond acceptors (Lipinski definition) is 2. The predicted molar refractivity (Wildman–Crippen MR) is 71.8 cm³/mol. The highest BCUT2D eigenvalue weighted by Crippen LogP contribution is 2.22. The maximum atomic E-state index is 5.43. The van der Waals surface area contributed by atoms with Crippen LogP contribution in [-0.4, -0.2) is 16.0 Å². The number of imidazole rings is 1. The topological polar surface area (TPSA) is 26.5 Å². The molecule has 0 aliphatic carbocycles. The zero-order chi connectivity index (χ0) is 12.4. The molecule has 2 heterocycles. The largest absolute Gasteiger partial charge is 1.00 e. The quantitative estimate of drug-likeness (QED) is 0.699. The lowest BCUT2D eigenvalue weighted by molar-refractivity contribution is -0.00000425. The van der Waals surface area contributed by atoms with Gasteiger partial charge in [0.25, 0.3) is 0 Å². The van der Waals surface area contributed by atoms with Crippen molar-refractivity contribution in [2.45, 2.75) is 6.92 Å². The molecule has 0 saturated carbocycles. The first-order valence-electron chi connectivity index (χ1n) is 6.04. The van der Waals surface area contributed by atoms with Gasteiger partial charge in [-0.05, 0) is 43.3 Å². The number of rotatable bonds is 3. The Morgan fingerprint density at radius 1 is 1.11 bits per heavy atom. The summed E-state index contributed by atoms with van der Waals surface area (Å²) >= 11 is 0. The third kappa shape index (κ3) is 2.79. The van der Waals surface area contributed by atoms with E-state index in [2.05, 4.69) is 4.98 Å². The molecule has 3 aromatic rings. The molecular formula is C15H14BrN2O-. The van der Waals surface area contributed by atoms with Crippen LogP contribution in [0.2, 0.25) is 0 Å². The molecule has 0 fully saturated rings. The van der Waals surface area contributed by atoms with Gasteiger partial charge in [-0.1, -0.05) is 6.07 Å². The molecule has 3 rings (SSSR count). The highest BCUT2D eigenvalue weighted by molar-refractivity contribution is 5.63. The van der Waals surface area contributed by atoms with E-state index in [1.165, 1.54) is 0 Å². The van der Waals surface area contributed by atoms with Crippen molar-refractivity contribution in [3.05, 3.63) is 54.9 Å². The lowest BCUT2D eigenvalue weighted by atomic mass is 10.2. The number of halogens is 1. The van der Waals surface area contributed by atoms with Gasteiger partial charge < -0.3 is 26.1 Å². The minimum absolute atomic E-state index is 0. The smallest absolute Gasteiger partial charge is 0.137 e. The van der Waals surface area contributed by atoms with Crippen LogP contribution in [0.25, 0.3) is 16.9 Å². The molecule has 0 saturated heterocycles. The van der Waals surface area contributed by atoms with Crippen molar-refractivity contribution in [2.24, 2.45) is 0 Å². The Balaban J connectivity index is 0.00000133. The van der Waals surface area contributed by atoms with Crippen molar-refractivity contribution >= 4 is 5.65 Å². The number of aromatic nitrogens is 2. The van der Waals surface area contributed by atoms with Crippen LogP contribution in [0.3, 0.4) is 0 Å². The third-order valence-electron chi connectivity index (χ3n) is 2.83. The highest BCUT2D eigenvalue weighted by atomic mass is 79.9. The van der Waals surface area contributed by atoms with Crippen molar-refractivity contribution in [3.63, 3.8) is 0 Å². The van der Waals surface area contributed by atoms with Gasteiger partial charge in [0.05, 0.1) is 12.3 Å². The minimum Gasteiger partial charge on any atom is -1.00 e. The van der Waals surface area contributed by atoms with Crippen LogP contribution in [0.5, 0.6) is 5.75 Å². The van der Waals surface area contributed by atoms with Crippen LogP contribution in [-0.2, 0) is 0 Å². The Bertz CT molecular complexity index is 628. The summed E-state index contributed by atoms with van der Waals surface area (Å²) < 4.78 is 7.45. The van der Waals surface area contributed by atoms with Crippen LogP contribution < -0.4 is 21.7 Å². The molecule has 0 unspecified atom stereocenters. The fourth-order valence-electron chi connectivity index (χ4n) is 1.96. The lowest BCUT2D eigenvalue weighted by Gasteiger charge is -2.02. The van der Waals surface area contributed by atoms with E-state index in [1.54, 1.807) is 0 Å². The van der Waals surface area contributed by atoms with Crippen molar-refractivity contribution in [3.8, 4) is 17.0 Å². The van der Waals surface area contributed by atoms with Crippen LogP contribution in [0.15, 0.2) is 54.9 Å². The first-order chi connectivity index (χ1) is 8.86. The second-order valence-corrected chi connectivity index (χ2v) is 4.05. The standard InChI is InChI=1S/C15H14N2O.BrH/c1-2-18-13-8-6-12(7-9-13)14-11-17-10-4-3-5-15(17)16-14;/h3-11H,2H2,1H3;1H/p-1. The normalized spacial score (nSPS) is 10.2. The third-order valence-corrected chi connectivity index (χ3v) is 2.83. The van der Waals surface area contributed by atoms with E-state index in [1.807, 2.05) is 66.2 Å². The molecule has 0 bridgehead atoms. The number of hydrogen-bond donors (Lipinski definition) is 0. The van der Waals surface area contributed by atoms with Gasteiger partial charge in [-0.25, -0.2) is 4.98 Å². The predicted octanol–water partition coefficient (Wildman–Crippen LogP) is 0.404. The Morgan fingerprint density at radius 3 is 2.58 bits per heavy atom. The minimum atomic E-state index is 0. The summed E-state index contributed by atoms with van der Waals surface area (Å²) in [4.78, 5) is 4.58. The highest BCUT2D eigenvalue weighted by Gasteiger charge is 2.03. The maximum Gasteiger partial charge on any atom is 0.137 e. The van der Waals surface area contributed by atoms with E-state index < -0.39 is 0 Å². The molecule has 19 heavy (non-hydrogen) atoms. The first-order valence-corrected chi connectivity index (χ1v) is 6.04. The Morgan fingerprint density at radius 2 is 1.89 bits per heavy atom. The van der Waals surface area contributed by atoms with E-state index in [4.69, 9.17) is 4.74 Å². The van der Waals surface area contributed by atoms with Gasteiger partial charge in [-0.3, -0.25) is 0 Å². The molecule has 0 aliphatic heterocycles. The van der Waals surface area contributed by atoms with E-state index >= 15 is 0 Å². The van der Waals surface area contributed by atoms with Crippen molar-refractivity contribution < 1.29 is 21.7 Å². The van der Waals surface area contributed by atoms with Crippen molar-refractivity contribution in [1.29, 1.82) is 0 Å². The van der Waals surface area contributed by atoms with E-state index in [-0.39, 0.29) is 17.0 Å². The van der Waals surface area contributed by atoms with Crippen molar-refractivity contribution in [2.75, 3.05) is 6.61 Å². The van der Waals surface area contributed by atoms with Gasteiger partial charge >= 0.3 is 0 Å². The maximum absolute atomic E-state index is 5.43. The van der Waals surface area contributed by atoms with Gasteiger partial charge in [0, 0.05) is 18.0 Å². The molecule has 2 aromatic heterocycles. The molecular weight excluding hydrogens is 304 g/mol. The lowest BCUT2D eigenvalue weighted by Crippen LogP contribution is -3.00. The van der Waals surface area contributed by atoms with Crippen LogP contribution in [0, 0.1) is 0 Å². The second-order valence-electron chi connectivity index (χ2n) is 4.05. The molecule has 0 radical (unpaired) electrons. The average molecular weight is 318 g/mol. The van der Waals surface area contributed by atoms with E-state index in [0.717, 1.165) is 22.7 Å². The molecule has 0 atom stereocenters. The fourth-order valence-corrected chi connectivity index (χ4v) is 1.96. The SMILES string of the molecule is CCOc1ccc(-c2cn3ccccc3n2)cc1.[Br-]. The number of fused-ring (bicyclic) bond motifs is 1. The number of nitrogens with zero attached hydrogens (tertiary/aromatic N) is 2. The van der Waals surface area contributed by atoms with Gasteiger partial charge in [0.2, 0.25) is 0 Å².